The summed E-state index contributed by atoms with van der Waals surface area (Å²) in [5.74, 6) is 0.630. The van der Waals surface area contributed by atoms with Crippen LogP contribution >= 0.6 is 0 Å². The largest absolute Gasteiger partial charge is 0.451 e. The molecule has 8 nitrogen and oxygen atoms in total. The lowest BCUT2D eigenvalue weighted by molar-refractivity contribution is 0.0284. The van der Waals surface area contributed by atoms with E-state index >= 15 is 0 Å². The van der Waals surface area contributed by atoms with Crippen LogP contribution in [0.25, 0.3) is 11.0 Å². The van der Waals surface area contributed by atoms with E-state index < -0.39 is 0 Å². The van der Waals surface area contributed by atoms with Gasteiger partial charge < -0.3 is 19.4 Å². The Morgan fingerprint density at radius 1 is 1.11 bits per heavy atom. The Balaban J connectivity index is 1.32. The Bertz CT molecular complexity index is 897. The Kier molecular flexibility index (Phi) is 4.52. The van der Waals surface area contributed by atoms with Crippen LogP contribution in [-0.2, 0) is 4.74 Å². The molecule has 8 heteroatoms. The maximum atomic E-state index is 12.7. The number of rotatable bonds is 3. The standard InChI is InChI=1S/C20H24N4O4/c25-19(22-18-9-13-1-3-23(18)4-2-13)15-11-16-14(12-21-15)10-17(28-16)20(26)24-5-7-27-8-6-24/h10-13,18H,1-9H2,(H,22,25). The summed E-state index contributed by atoms with van der Waals surface area (Å²) in [6.07, 6.45) is 5.14. The topological polar surface area (TPSA) is 87.9 Å². The van der Waals surface area contributed by atoms with Gasteiger partial charge >= 0.3 is 0 Å². The van der Waals surface area contributed by atoms with Crippen molar-refractivity contribution in [3.8, 4) is 0 Å². The van der Waals surface area contributed by atoms with E-state index in [-0.39, 0.29) is 23.7 Å². The summed E-state index contributed by atoms with van der Waals surface area (Å²) >= 11 is 0. The average molecular weight is 384 g/mol. The normalized spacial score (nSPS) is 27.1. The Hall–Kier alpha value is -2.45. The summed E-state index contributed by atoms with van der Waals surface area (Å²) in [5, 5.41) is 3.82. The van der Waals surface area contributed by atoms with Crippen molar-refractivity contribution in [1.82, 2.24) is 20.1 Å². The fourth-order valence-electron chi connectivity index (χ4n) is 4.43. The van der Waals surface area contributed by atoms with E-state index in [0.29, 0.717) is 48.9 Å². The molecule has 2 aromatic rings. The molecule has 2 aromatic heterocycles. The lowest BCUT2D eigenvalue weighted by atomic mass is 9.86. The Morgan fingerprint density at radius 3 is 2.61 bits per heavy atom. The van der Waals surface area contributed by atoms with E-state index in [1.54, 1.807) is 23.2 Å². The maximum absolute atomic E-state index is 12.7. The zero-order valence-corrected chi connectivity index (χ0v) is 15.7. The molecule has 1 unspecified atom stereocenters. The zero-order chi connectivity index (χ0) is 19.1. The summed E-state index contributed by atoms with van der Waals surface area (Å²) in [5.41, 5.74) is 0.817. The second-order valence-corrected chi connectivity index (χ2v) is 7.83. The molecular formula is C20H24N4O4. The third kappa shape index (κ3) is 3.27. The molecule has 2 bridgehead atoms. The molecule has 0 aliphatic carbocycles. The summed E-state index contributed by atoms with van der Waals surface area (Å²) in [7, 11) is 0. The molecule has 0 aromatic carbocycles. The van der Waals surface area contributed by atoms with Gasteiger partial charge in [0.15, 0.2) is 5.76 Å². The monoisotopic (exact) mass is 384 g/mol. The number of hydrogen-bond donors (Lipinski definition) is 1. The van der Waals surface area contributed by atoms with Crippen molar-refractivity contribution in [2.45, 2.75) is 25.4 Å². The number of piperidine rings is 3. The SMILES string of the molecule is O=C(NC1CC2CCN1CC2)c1cc2oc(C(=O)N3CCOCC3)cc2cn1. The second-order valence-electron chi connectivity index (χ2n) is 7.83. The van der Waals surface area contributed by atoms with E-state index in [0.717, 1.165) is 19.5 Å². The summed E-state index contributed by atoms with van der Waals surface area (Å²) in [4.78, 5) is 33.6. The maximum Gasteiger partial charge on any atom is 0.289 e. The van der Waals surface area contributed by atoms with E-state index in [2.05, 4.69) is 15.2 Å². The molecule has 28 heavy (non-hydrogen) atoms. The fourth-order valence-corrected chi connectivity index (χ4v) is 4.43. The minimum Gasteiger partial charge on any atom is -0.451 e. The van der Waals surface area contributed by atoms with Gasteiger partial charge in [0.05, 0.1) is 19.4 Å². The predicted molar refractivity (Wildman–Crippen MR) is 101 cm³/mol. The average Bonchev–Trinajstić information content (AvgIpc) is 3.18. The molecule has 148 valence electrons. The van der Waals surface area contributed by atoms with Crippen molar-refractivity contribution >= 4 is 22.8 Å². The molecular weight excluding hydrogens is 360 g/mol. The Labute approximate surface area is 162 Å². The quantitative estimate of drug-likeness (QED) is 0.862. The first-order valence-electron chi connectivity index (χ1n) is 9.99. The number of carbonyl (C=O) groups is 2. The molecule has 4 aliphatic rings. The van der Waals surface area contributed by atoms with E-state index in [1.165, 1.54) is 12.8 Å². The summed E-state index contributed by atoms with van der Waals surface area (Å²) in [6.45, 7) is 4.29. The number of aromatic nitrogens is 1. The van der Waals surface area contributed by atoms with Gasteiger partial charge in [-0.05, 0) is 31.2 Å². The fraction of sp³-hybridized carbons (Fsp3) is 0.550. The van der Waals surface area contributed by atoms with Gasteiger partial charge in [0.25, 0.3) is 11.8 Å². The van der Waals surface area contributed by atoms with Gasteiger partial charge in [0.1, 0.15) is 11.3 Å². The number of nitrogens with zero attached hydrogens (tertiary/aromatic N) is 3. The molecule has 4 aliphatic heterocycles. The summed E-state index contributed by atoms with van der Waals surface area (Å²) < 4.78 is 11.0. The Morgan fingerprint density at radius 2 is 1.89 bits per heavy atom. The van der Waals surface area contributed by atoms with Crippen LogP contribution in [0.2, 0.25) is 0 Å². The van der Waals surface area contributed by atoms with Crippen molar-refractivity contribution in [3.05, 3.63) is 29.8 Å². The number of morpholine rings is 1. The van der Waals surface area contributed by atoms with Gasteiger partial charge in [-0.1, -0.05) is 0 Å². The number of carbonyl (C=O) groups excluding carboxylic acids is 2. The van der Waals surface area contributed by atoms with Crippen LogP contribution in [0, 0.1) is 5.92 Å². The van der Waals surface area contributed by atoms with E-state index in [4.69, 9.17) is 9.15 Å². The van der Waals surface area contributed by atoms with Gasteiger partial charge in [-0.2, -0.15) is 0 Å². The molecule has 0 saturated carbocycles. The molecule has 6 rings (SSSR count). The predicted octanol–water partition coefficient (Wildman–Crippen LogP) is 1.47. The first-order valence-corrected chi connectivity index (χ1v) is 9.99. The number of amides is 2. The van der Waals surface area contributed by atoms with Crippen LogP contribution in [0.3, 0.4) is 0 Å². The van der Waals surface area contributed by atoms with Crippen molar-refractivity contribution in [2.24, 2.45) is 5.92 Å². The van der Waals surface area contributed by atoms with Gasteiger partial charge in [-0.25, -0.2) is 0 Å². The first-order chi connectivity index (χ1) is 13.7. The summed E-state index contributed by atoms with van der Waals surface area (Å²) in [6, 6.07) is 3.31. The minimum atomic E-state index is -0.197. The van der Waals surface area contributed by atoms with Crippen molar-refractivity contribution < 1.29 is 18.7 Å². The van der Waals surface area contributed by atoms with Crippen LogP contribution in [0.15, 0.2) is 22.7 Å². The third-order valence-electron chi connectivity index (χ3n) is 6.09. The molecule has 4 saturated heterocycles. The van der Waals surface area contributed by atoms with Crippen molar-refractivity contribution in [1.29, 1.82) is 0 Å². The highest BCUT2D eigenvalue weighted by Gasteiger charge is 2.34. The van der Waals surface area contributed by atoms with Gasteiger partial charge in [-0.15, -0.1) is 0 Å². The van der Waals surface area contributed by atoms with Crippen molar-refractivity contribution in [3.63, 3.8) is 0 Å². The lowest BCUT2D eigenvalue weighted by Gasteiger charge is -2.45. The molecule has 1 N–H and O–H groups in total. The zero-order valence-electron chi connectivity index (χ0n) is 15.7. The number of hydrogen-bond acceptors (Lipinski definition) is 6. The number of furan rings is 1. The van der Waals surface area contributed by atoms with Crippen LogP contribution < -0.4 is 5.32 Å². The molecule has 2 amide bonds. The van der Waals surface area contributed by atoms with Crippen LogP contribution in [0.4, 0.5) is 0 Å². The van der Waals surface area contributed by atoms with Crippen LogP contribution in [-0.4, -0.2) is 72.2 Å². The third-order valence-corrected chi connectivity index (χ3v) is 6.09. The number of ether oxygens (including phenoxy) is 1. The van der Waals surface area contributed by atoms with E-state index in [1.807, 2.05) is 0 Å². The van der Waals surface area contributed by atoms with Gasteiger partial charge in [0, 0.05) is 43.8 Å². The minimum absolute atomic E-state index is 0.0903. The molecule has 6 heterocycles. The van der Waals surface area contributed by atoms with Crippen LogP contribution in [0.1, 0.15) is 40.3 Å². The molecule has 0 spiro atoms. The highest BCUT2D eigenvalue weighted by Crippen LogP contribution is 2.30. The van der Waals surface area contributed by atoms with Gasteiger partial charge in [0.2, 0.25) is 0 Å². The lowest BCUT2D eigenvalue weighted by Crippen LogP contribution is -2.56. The highest BCUT2D eigenvalue weighted by atomic mass is 16.5. The second kappa shape index (κ2) is 7.18. The smallest absolute Gasteiger partial charge is 0.289 e. The molecule has 1 atom stereocenters. The van der Waals surface area contributed by atoms with Crippen LogP contribution in [0.5, 0.6) is 0 Å². The number of pyridine rings is 1. The van der Waals surface area contributed by atoms with Crippen molar-refractivity contribution in [2.75, 3.05) is 39.4 Å². The number of nitrogens with one attached hydrogen (secondary N) is 1. The molecule has 4 fully saturated rings. The van der Waals surface area contributed by atoms with E-state index in [9.17, 15) is 9.59 Å². The molecule has 0 radical (unpaired) electrons. The first kappa shape index (κ1) is 17.6. The highest BCUT2D eigenvalue weighted by molar-refractivity contribution is 5.98. The number of fused-ring (bicyclic) bond motifs is 4. The van der Waals surface area contributed by atoms with Gasteiger partial charge in [-0.3, -0.25) is 19.5 Å².